The third kappa shape index (κ3) is 6.57. The number of fused-ring (bicyclic) bond motifs is 4. The van der Waals surface area contributed by atoms with Gasteiger partial charge in [0.25, 0.3) is 0 Å². The standard InChI is InChI=1S/C55H48N4O/c1-54(2,3)40-21-14-22-42(33-40)58-37-57(50-28-16-26-46(53(50)58)38-17-8-6-9-18-38)43-23-15-24-44(35-43)60-45-29-30-48-47-25-12-13-27-49(47)59(51(48)36-45)52-34-41(31-32-56-52)55(4,5)39-19-10-7-11-20-39/h6-36H,37H2,1-5H3. The van der Waals surface area contributed by atoms with Crippen molar-refractivity contribution < 1.29 is 4.74 Å². The van der Waals surface area contributed by atoms with Gasteiger partial charge in [0.05, 0.1) is 22.4 Å². The summed E-state index contributed by atoms with van der Waals surface area (Å²) in [6.07, 6.45) is 1.93. The van der Waals surface area contributed by atoms with Crippen molar-refractivity contribution in [2.75, 3.05) is 16.5 Å². The second-order valence-electron chi connectivity index (χ2n) is 17.4. The molecule has 5 nitrogen and oxygen atoms in total. The van der Waals surface area contributed by atoms with Crippen molar-refractivity contribution in [2.45, 2.75) is 45.4 Å². The monoisotopic (exact) mass is 780 g/mol. The van der Waals surface area contributed by atoms with E-state index in [4.69, 9.17) is 9.72 Å². The molecule has 294 valence electrons. The lowest BCUT2D eigenvalue weighted by molar-refractivity contribution is 0.483. The van der Waals surface area contributed by atoms with Gasteiger partial charge in [-0.05, 0) is 88.3 Å². The SMILES string of the molecule is CC(C)(C)c1cccc(N2CN(c3cccc(Oc4ccc5c6ccccc6n(-c6cc(C(C)(C)c7ccccc7)ccn6)c5c4)c3)c3cccc(-c4ccccc4)c32)c1. The molecular formula is C55H48N4O. The second kappa shape index (κ2) is 14.6. The highest BCUT2D eigenvalue weighted by molar-refractivity contribution is 6.09. The zero-order chi connectivity index (χ0) is 41.0. The molecule has 0 atom stereocenters. The van der Waals surface area contributed by atoms with Gasteiger partial charge in [-0.25, -0.2) is 4.98 Å². The number of benzene rings is 7. The third-order valence-electron chi connectivity index (χ3n) is 12.2. The van der Waals surface area contributed by atoms with Crippen LogP contribution in [0, 0.1) is 0 Å². The Balaban J connectivity index is 1.03. The first-order valence-electron chi connectivity index (χ1n) is 20.8. The number of anilines is 4. The van der Waals surface area contributed by atoms with Crippen LogP contribution in [0.15, 0.2) is 188 Å². The van der Waals surface area contributed by atoms with Crippen LogP contribution in [0.2, 0.25) is 0 Å². The van der Waals surface area contributed by atoms with E-state index in [0.29, 0.717) is 6.67 Å². The van der Waals surface area contributed by atoms with E-state index < -0.39 is 0 Å². The fraction of sp³-hybridized carbons (Fsp3) is 0.145. The number of nitrogens with zero attached hydrogens (tertiary/aromatic N) is 4. The normalized spacial score (nSPS) is 12.9. The van der Waals surface area contributed by atoms with E-state index in [1.165, 1.54) is 44.6 Å². The maximum atomic E-state index is 6.78. The molecule has 0 bridgehead atoms. The molecule has 60 heavy (non-hydrogen) atoms. The molecule has 0 N–H and O–H groups in total. The Morgan fingerprint density at radius 1 is 0.500 bits per heavy atom. The summed E-state index contributed by atoms with van der Waals surface area (Å²) in [4.78, 5) is 9.81. The van der Waals surface area contributed by atoms with E-state index in [0.717, 1.165) is 45.1 Å². The van der Waals surface area contributed by atoms with E-state index >= 15 is 0 Å². The van der Waals surface area contributed by atoms with Gasteiger partial charge >= 0.3 is 0 Å². The highest BCUT2D eigenvalue weighted by Crippen LogP contribution is 2.50. The van der Waals surface area contributed by atoms with Crippen molar-refractivity contribution in [1.82, 2.24) is 9.55 Å². The highest BCUT2D eigenvalue weighted by atomic mass is 16.5. The van der Waals surface area contributed by atoms with Crippen LogP contribution in [0.5, 0.6) is 11.5 Å². The van der Waals surface area contributed by atoms with Crippen LogP contribution in [0.3, 0.4) is 0 Å². The summed E-state index contributed by atoms with van der Waals surface area (Å²) in [7, 11) is 0. The Labute approximate surface area is 352 Å². The molecule has 0 saturated carbocycles. The van der Waals surface area contributed by atoms with Gasteiger partial charge < -0.3 is 14.5 Å². The maximum Gasteiger partial charge on any atom is 0.137 e. The lowest BCUT2D eigenvalue weighted by atomic mass is 9.78. The van der Waals surface area contributed by atoms with Gasteiger partial charge in [-0.15, -0.1) is 0 Å². The largest absolute Gasteiger partial charge is 0.457 e. The van der Waals surface area contributed by atoms with Crippen molar-refractivity contribution in [1.29, 1.82) is 0 Å². The van der Waals surface area contributed by atoms with Crippen LogP contribution in [-0.4, -0.2) is 16.2 Å². The fourth-order valence-corrected chi connectivity index (χ4v) is 8.81. The lowest BCUT2D eigenvalue weighted by Gasteiger charge is -2.26. The number of pyridine rings is 1. The minimum Gasteiger partial charge on any atom is -0.457 e. The summed E-state index contributed by atoms with van der Waals surface area (Å²) in [6.45, 7) is 12.0. The minimum absolute atomic E-state index is 0.0279. The molecule has 0 unspecified atom stereocenters. The van der Waals surface area contributed by atoms with Gasteiger partial charge in [0.15, 0.2) is 0 Å². The third-order valence-corrected chi connectivity index (χ3v) is 12.2. The zero-order valence-electron chi connectivity index (χ0n) is 34.8. The van der Waals surface area contributed by atoms with Crippen molar-refractivity contribution in [3.63, 3.8) is 0 Å². The lowest BCUT2D eigenvalue weighted by Crippen LogP contribution is -2.24. The summed E-state index contributed by atoms with van der Waals surface area (Å²) in [6, 6.07) is 64.9. The first-order valence-corrected chi connectivity index (χ1v) is 20.8. The molecule has 2 aromatic heterocycles. The molecular weight excluding hydrogens is 733 g/mol. The van der Waals surface area contributed by atoms with Crippen LogP contribution >= 0.6 is 0 Å². The molecule has 9 aromatic rings. The van der Waals surface area contributed by atoms with Gasteiger partial charge in [0.1, 0.15) is 24.0 Å². The van der Waals surface area contributed by atoms with Crippen molar-refractivity contribution >= 4 is 44.6 Å². The zero-order valence-corrected chi connectivity index (χ0v) is 34.8. The topological polar surface area (TPSA) is 33.5 Å². The van der Waals surface area contributed by atoms with E-state index in [9.17, 15) is 0 Å². The molecule has 0 amide bonds. The maximum absolute atomic E-state index is 6.78. The molecule has 10 rings (SSSR count). The summed E-state index contributed by atoms with van der Waals surface area (Å²) in [5, 5.41) is 2.33. The Kier molecular flexibility index (Phi) is 9.06. The van der Waals surface area contributed by atoms with E-state index in [2.05, 4.69) is 225 Å². The predicted molar refractivity (Wildman–Crippen MR) is 250 cm³/mol. The van der Waals surface area contributed by atoms with Gasteiger partial charge in [-0.1, -0.05) is 144 Å². The van der Waals surface area contributed by atoms with E-state index in [1.54, 1.807) is 0 Å². The average molecular weight is 781 g/mol. The van der Waals surface area contributed by atoms with Crippen LogP contribution in [0.4, 0.5) is 22.7 Å². The van der Waals surface area contributed by atoms with Crippen LogP contribution in [0.1, 0.15) is 51.3 Å². The smallest absolute Gasteiger partial charge is 0.137 e. The molecule has 0 radical (unpaired) electrons. The Bertz CT molecular complexity index is 3010. The quantitative estimate of drug-likeness (QED) is 0.154. The Hall–Kier alpha value is -7.11. The van der Waals surface area contributed by atoms with Crippen molar-refractivity contribution in [2.24, 2.45) is 0 Å². The molecule has 0 aliphatic carbocycles. The van der Waals surface area contributed by atoms with Gasteiger partial charge in [0.2, 0.25) is 0 Å². The summed E-state index contributed by atoms with van der Waals surface area (Å²) >= 11 is 0. The van der Waals surface area contributed by atoms with Gasteiger partial charge in [-0.3, -0.25) is 4.57 Å². The first kappa shape index (κ1) is 37.2. The number of aromatic nitrogens is 2. The van der Waals surface area contributed by atoms with E-state index in [1.807, 2.05) is 12.3 Å². The number of ether oxygens (including phenoxy) is 1. The number of rotatable bonds is 8. The summed E-state index contributed by atoms with van der Waals surface area (Å²) < 4.78 is 9.05. The molecule has 5 heteroatoms. The first-order chi connectivity index (χ1) is 29.1. The van der Waals surface area contributed by atoms with E-state index in [-0.39, 0.29) is 10.8 Å². The molecule has 7 aromatic carbocycles. The van der Waals surface area contributed by atoms with Crippen molar-refractivity contribution in [3.05, 3.63) is 205 Å². The van der Waals surface area contributed by atoms with Crippen LogP contribution in [-0.2, 0) is 10.8 Å². The molecule has 1 aliphatic rings. The summed E-state index contributed by atoms with van der Waals surface area (Å²) in [5.74, 6) is 2.41. The highest BCUT2D eigenvalue weighted by Gasteiger charge is 2.32. The predicted octanol–water partition coefficient (Wildman–Crippen LogP) is 14.5. The van der Waals surface area contributed by atoms with Crippen LogP contribution < -0.4 is 14.5 Å². The molecule has 0 fully saturated rings. The number of para-hydroxylation sites is 2. The average Bonchev–Trinajstić information content (AvgIpc) is 3.83. The Morgan fingerprint density at radius 3 is 1.97 bits per heavy atom. The van der Waals surface area contributed by atoms with Gasteiger partial charge in [-0.2, -0.15) is 0 Å². The molecule has 1 aliphatic heterocycles. The summed E-state index contributed by atoms with van der Waals surface area (Å²) in [5.41, 5.74) is 12.7. The molecule has 3 heterocycles. The molecule has 0 spiro atoms. The Morgan fingerprint density at radius 2 is 1.17 bits per heavy atom. The van der Waals surface area contributed by atoms with Crippen molar-refractivity contribution in [3.8, 4) is 28.4 Å². The van der Waals surface area contributed by atoms with Gasteiger partial charge in [0, 0.05) is 51.5 Å². The number of hydrogen-bond acceptors (Lipinski definition) is 4. The molecule has 0 saturated heterocycles. The number of hydrogen-bond donors (Lipinski definition) is 0. The minimum atomic E-state index is -0.205. The van der Waals surface area contributed by atoms with Crippen LogP contribution in [0.25, 0.3) is 38.8 Å². The second-order valence-corrected chi connectivity index (χ2v) is 17.4. The fourth-order valence-electron chi connectivity index (χ4n) is 8.81.